The van der Waals surface area contributed by atoms with Gasteiger partial charge in [0.1, 0.15) is 5.82 Å². The van der Waals surface area contributed by atoms with Gasteiger partial charge in [-0.1, -0.05) is 12.8 Å². The smallest absolute Gasteiger partial charge is 0.378 e. The zero-order valence-electron chi connectivity index (χ0n) is 10.0. The number of H-pyrrole nitrogens is 1. The van der Waals surface area contributed by atoms with Gasteiger partial charge in [0.25, 0.3) is 5.82 Å². The van der Waals surface area contributed by atoms with Gasteiger partial charge in [-0.15, -0.1) is 5.10 Å². The van der Waals surface area contributed by atoms with Gasteiger partial charge in [0.15, 0.2) is 0 Å². The summed E-state index contributed by atoms with van der Waals surface area (Å²) in [5.41, 5.74) is 0. The first-order valence-electron chi connectivity index (χ1n) is 6.14. The molecule has 2 heterocycles. The average Bonchev–Trinajstić information content (AvgIpc) is 2.66. The van der Waals surface area contributed by atoms with Crippen LogP contribution in [0.2, 0.25) is 0 Å². The Labute approximate surface area is 100 Å². The van der Waals surface area contributed by atoms with E-state index in [0.717, 1.165) is 18.8 Å². The van der Waals surface area contributed by atoms with Crippen molar-refractivity contribution in [2.45, 2.75) is 38.6 Å². The van der Waals surface area contributed by atoms with Crippen LogP contribution in [-0.2, 0) is 4.74 Å². The quantitative estimate of drug-likeness (QED) is 0.773. The van der Waals surface area contributed by atoms with Crippen LogP contribution in [0.5, 0.6) is 0 Å². The van der Waals surface area contributed by atoms with Gasteiger partial charge in [-0.25, -0.2) is 9.78 Å². The number of nitrogens with zero attached hydrogens (tertiary/aromatic N) is 2. The summed E-state index contributed by atoms with van der Waals surface area (Å²) in [7, 11) is 0. The second-order valence-corrected chi connectivity index (χ2v) is 4.12. The Morgan fingerprint density at radius 2 is 2.35 bits per heavy atom. The summed E-state index contributed by atoms with van der Waals surface area (Å²) in [6, 6.07) is 0.174. The van der Waals surface area contributed by atoms with Crippen molar-refractivity contribution in [1.29, 1.82) is 0 Å². The highest BCUT2D eigenvalue weighted by Crippen LogP contribution is 2.19. The zero-order valence-corrected chi connectivity index (χ0v) is 10.0. The lowest BCUT2D eigenvalue weighted by atomic mass is 10.1. The molecule has 2 rings (SSSR count). The highest BCUT2D eigenvalue weighted by atomic mass is 16.5. The molecule has 94 valence electrons. The van der Waals surface area contributed by atoms with Crippen LogP contribution in [0.25, 0.3) is 0 Å². The molecule has 1 unspecified atom stereocenters. The summed E-state index contributed by atoms with van der Waals surface area (Å²) in [5, 5.41) is 10.1. The minimum absolute atomic E-state index is 0.118. The van der Waals surface area contributed by atoms with Gasteiger partial charge in [0.05, 0.1) is 12.6 Å². The third-order valence-corrected chi connectivity index (χ3v) is 2.85. The van der Waals surface area contributed by atoms with Crippen LogP contribution < -0.4 is 5.32 Å². The van der Waals surface area contributed by atoms with Crippen molar-refractivity contribution in [2.75, 3.05) is 13.2 Å². The summed E-state index contributed by atoms with van der Waals surface area (Å²) >= 11 is 0. The lowest BCUT2D eigenvalue weighted by Gasteiger charge is -2.11. The minimum atomic E-state index is -0.469. The van der Waals surface area contributed by atoms with E-state index in [4.69, 9.17) is 4.74 Å². The van der Waals surface area contributed by atoms with Gasteiger partial charge < -0.3 is 10.1 Å². The number of hydrogen-bond donors (Lipinski definition) is 2. The summed E-state index contributed by atoms with van der Waals surface area (Å²) in [5.74, 6) is 0.381. The average molecular weight is 238 g/mol. The first kappa shape index (κ1) is 12.0. The van der Waals surface area contributed by atoms with E-state index in [2.05, 4.69) is 20.5 Å². The number of nitrogens with one attached hydrogen (secondary N) is 2. The largest absolute Gasteiger partial charge is 0.460 e. The van der Waals surface area contributed by atoms with Crippen LogP contribution in [0.1, 0.15) is 55.1 Å². The SMILES string of the molecule is CCOC(=O)c1n[nH]c(C2CCCCCN2)n1. The fraction of sp³-hybridized carbons (Fsp3) is 0.727. The van der Waals surface area contributed by atoms with Crippen molar-refractivity contribution in [1.82, 2.24) is 20.5 Å². The number of aromatic nitrogens is 3. The van der Waals surface area contributed by atoms with Crippen LogP contribution in [0.15, 0.2) is 0 Å². The fourth-order valence-corrected chi connectivity index (χ4v) is 1.98. The molecule has 1 aliphatic heterocycles. The molecule has 0 aromatic carbocycles. The summed E-state index contributed by atoms with van der Waals surface area (Å²) in [6.45, 7) is 3.09. The lowest BCUT2D eigenvalue weighted by Crippen LogP contribution is -2.21. The molecule has 17 heavy (non-hydrogen) atoms. The van der Waals surface area contributed by atoms with E-state index < -0.39 is 5.97 Å². The van der Waals surface area contributed by atoms with Gasteiger partial charge in [-0.2, -0.15) is 0 Å². The van der Waals surface area contributed by atoms with Gasteiger partial charge in [0, 0.05) is 0 Å². The Bertz CT molecular complexity index is 369. The molecule has 6 heteroatoms. The summed E-state index contributed by atoms with van der Waals surface area (Å²) in [6.07, 6.45) is 4.63. The summed E-state index contributed by atoms with van der Waals surface area (Å²) in [4.78, 5) is 15.6. The molecule has 1 aromatic heterocycles. The van der Waals surface area contributed by atoms with E-state index in [9.17, 15) is 4.79 Å². The Kier molecular flexibility index (Phi) is 4.08. The van der Waals surface area contributed by atoms with Crippen molar-refractivity contribution < 1.29 is 9.53 Å². The molecule has 6 nitrogen and oxygen atoms in total. The molecule has 0 aliphatic carbocycles. The Morgan fingerprint density at radius 1 is 1.47 bits per heavy atom. The molecule has 1 fully saturated rings. The fourth-order valence-electron chi connectivity index (χ4n) is 1.98. The third-order valence-electron chi connectivity index (χ3n) is 2.85. The standard InChI is InChI=1S/C11H18N4O2/c1-2-17-11(16)10-13-9(14-15-10)8-6-4-3-5-7-12-8/h8,12H,2-7H2,1H3,(H,13,14,15). The Balaban J connectivity index is 2.03. The maximum Gasteiger partial charge on any atom is 0.378 e. The maximum atomic E-state index is 11.4. The summed E-state index contributed by atoms with van der Waals surface area (Å²) < 4.78 is 4.85. The number of carbonyl (C=O) groups is 1. The molecule has 1 atom stereocenters. The predicted octanol–water partition coefficient (Wildman–Crippen LogP) is 1.19. The molecule has 1 aliphatic rings. The van der Waals surface area contributed by atoms with Crippen LogP contribution in [0.4, 0.5) is 0 Å². The van der Waals surface area contributed by atoms with Crippen LogP contribution in [0.3, 0.4) is 0 Å². The normalized spacial score (nSPS) is 20.9. The number of ether oxygens (including phenoxy) is 1. The molecule has 0 bridgehead atoms. The molecular weight excluding hydrogens is 220 g/mol. The molecule has 2 N–H and O–H groups in total. The van der Waals surface area contributed by atoms with E-state index in [1.807, 2.05) is 0 Å². The first-order chi connectivity index (χ1) is 8.31. The second kappa shape index (κ2) is 5.77. The zero-order chi connectivity index (χ0) is 12.1. The first-order valence-corrected chi connectivity index (χ1v) is 6.14. The number of hydrogen-bond acceptors (Lipinski definition) is 5. The van der Waals surface area contributed by atoms with Crippen molar-refractivity contribution in [3.05, 3.63) is 11.6 Å². The highest BCUT2D eigenvalue weighted by molar-refractivity contribution is 5.84. The van der Waals surface area contributed by atoms with Crippen molar-refractivity contribution in [2.24, 2.45) is 0 Å². The number of rotatable bonds is 3. The number of carbonyl (C=O) groups excluding carboxylic acids is 1. The molecule has 0 spiro atoms. The van der Waals surface area contributed by atoms with Crippen LogP contribution >= 0.6 is 0 Å². The molecule has 1 aromatic rings. The predicted molar refractivity (Wildman–Crippen MR) is 61.6 cm³/mol. The molecule has 0 amide bonds. The molecule has 1 saturated heterocycles. The third kappa shape index (κ3) is 3.03. The van der Waals surface area contributed by atoms with E-state index in [0.29, 0.717) is 6.61 Å². The van der Waals surface area contributed by atoms with Gasteiger partial charge in [-0.3, -0.25) is 5.10 Å². The van der Waals surface area contributed by atoms with Crippen molar-refractivity contribution in [3.8, 4) is 0 Å². The molecular formula is C11H18N4O2. The second-order valence-electron chi connectivity index (χ2n) is 4.12. The minimum Gasteiger partial charge on any atom is -0.460 e. The maximum absolute atomic E-state index is 11.4. The Morgan fingerprint density at radius 3 is 3.18 bits per heavy atom. The number of esters is 1. The van der Waals surface area contributed by atoms with Crippen LogP contribution in [0, 0.1) is 0 Å². The van der Waals surface area contributed by atoms with E-state index >= 15 is 0 Å². The molecule has 0 saturated carbocycles. The monoisotopic (exact) mass is 238 g/mol. The lowest BCUT2D eigenvalue weighted by molar-refractivity contribution is 0.0512. The van der Waals surface area contributed by atoms with Gasteiger partial charge >= 0.3 is 5.97 Å². The highest BCUT2D eigenvalue weighted by Gasteiger charge is 2.20. The Hall–Kier alpha value is -1.43. The number of aromatic amines is 1. The van der Waals surface area contributed by atoms with E-state index in [-0.39, 0.29) is 11.9 Å². The van der Waals surface area contributed by atoms with E-state index in [1.54, 1.807) is 6.92 Å². The molecule has 0 radical (unpaired) electrons. The van der Waals surface area contributed by atoms with E-state index in [1.165, 1.54) is 19.3 Å². The van der Waals surface area contributed by atoms with Crippen molar-refractivity contribution >= 4 is 5.97 Å². The van der Waals surface area contributed by atoms with Crippen molar-refractivity contribution in [3.63, 3.8) is 0 Å². The van der Waals surface area contributed by atoms with Crippen LogP contribution in [-0.4, -0.2) is 34.3 Å². The van der Waals surface area contributed by atoms with Gasteiger partial charge in [-0.05, 0) is 26.3 Å². The van der Waals surface area contributed by atoms with Gasteiger partial charge in [0.2, 0.25) is 0 Å². The topological polar surface area (TPSA) is 79.9 Å².